The normalized spacial score (nSPS) is 12.1. The van der Waals surface area contributed by atoms with Crippen molar-refractivity contribution in [2.45, 2.75) is 26.3 Å². The summed E-state index contributed by atoms with van der Waals surface area (Å²) in [5, 5.41) is 14.1. The fourth-order valence-corrected chi connectivity index (χ4v) is 1.96. The summed E-state index contributed by atoms with van der Waals surface area (Å²) in [4.78, 5) is 10.5. The number of nitrogens with one attached hydrogen (secondary N) is 1. The summed E-state index contributed by atoms with van der Waals surface area (Å²) in [7, 11) is 0. The average molecular weight is 260 g/mol. The molecule has 19 heavy (non-hydrogen) atoms. The van der Waals surface area contributed by atoms with Crippen LogP contribution in [0.15, 0.2) is 41.0 Å². The molecule has 0 spiro atoms. The van der Waals surface area contributed by atoms with Gasteiger partial charge in [-0.2, -0.15) is 0 Å². The van der Waals surface area contributed by atoms with Crippen LogP contribution in [-0.4, -0.2) is 11.0 Å². The van der Waals surface area contributed by atoms with Crippen molar-refractivity contribution in [3.8, 4) is 0 Å². The number of aryl methyl sites for hydroxylation is 1. The van der Waals surface area contributed by atoms with Crippen molar-refractivity contribution in [3.63, 3.8) is 0 Å². The van der Waals surface area contributed by atoms with E-state index < -0.39 is 0 Å². The van der Waals surface area contributed by atoms with E-state index in [-0.39, 0.29) is 16.7 Å². The van der Waals surface area contributed by atoms with E-state index in [4.69, 9.17) is 4.42 Å². The van der Waals surface area contributed by atoms with Crippen molar-refractivity contribution in [2.24, 2.45) is 0 Å². The SMILES string of the molecule is Cc1ccc(NC(C)Cc2ccco2)cc1[N+](=O)[O-]. The van der Waals surface area contributed by atoms with Crippen LogP contribution in [0.1, 0.15) is 18.2 Å². The number of rotatable bonds is 5. The third-order valence-corrected chi connectivity index (χ3v) is 2.91. The smallest absolute Gasteiger partial charge is 0.274 e. The lowest BCUT2D eigenvalue weighted by Gasteiger charge is -2.14. The molecule has 1 unspecified atom stereocenters. The van der Waals surface area contributed by atoms with Crippen LogP contribution in [0.5, 0.6) is 0 Å². The van der Waals surface area contributed by atoms with Crippen molar-refractivity contribution >= 4 is 11.4 Å². The maximum Gasteiger partial charge on any atom is 0.274 e. The fourth-order valence-electron chi connectivity index (χ4n) is 1.96. The van der Waals surface area contributed by atoms with E-state index >= 15 is 0 Å². The largest absolute Gasteiger partial charge is 0.469 e. The number of anilines is 1. The molecule has 5 nitrogen and oxygen atoms in total. The zero-order chi connectivity index (χ0) is 13.8. The minimum atomic E-state index is -0.363. The van der Waals surface area contributed by atoms with E-state index in [1.165, 1.54) is 0 Å². The first-order valence-electron chi connectivity index (χ1n) is 6.10. The number of nitro groups is 1. The van der Waals surface area contributed by atoms with Crippen LogP contribution in [0.25, 0.3) is 0 Å². The molecule has 1 atom stereocenters. The van der Waals surface area contributed by atoms with E-state index in [0.717, 1.165) is 17.9 Å². The van der Waals surface area contributed by atoms with Gasteiger partial charge in [0.25, 0.3) is 5.69 Å². The predicted octanol–water partition coefficient (Wildman–Crippen LogP) is 3.54. The highest BCUT2D eigenvalue weighted by Crippen LogP contribution is 2.23. The monoisotopic (exact) mass is 260 g/mol. The fraction of sp³-hybridized carbons (Fsp3) is 0.286. The molecule has 5 heteroatoms. The molecule has 0 saturated heterocycles. The molecule has 0 fully saturated rings. The molecule has 0 aliphatic rings. The molecule has 100 valence electrons. The van der Waals surface area contributed by atoms with Crippen LogP contribution in [-0.2, 0) is 6.42 Å². The van der Waals surface area contributed by atoms with Gasteiger partial charge in [0.1, 0.15) is 5.76 Å². The second-order valence-corrected chi connectivity index (χ2v) is 4.59. The summed E-state index contributed by atoms with van der Waals surface area (Å²) in [5.74, 6) is 0.890. The zero-order valence-corrected chi connectivity index (χ0v) is 10.9. The van der Waals surface area contributed by atoms with Gasteiger partial charge in [0.15, 0.2) is 0 Å². The molecule has 0 aliphatic carbocycles. The van der Waals surface area contributed by atoms with Gasteiger partial charge in [-0.3, -0.25) is 10.1 Å². The van der Waals surface area contributed by atoms with E-state index in [0.29, 0.717) is 5.56 Å². The van der Waals surface area contributed by atoms with Crippen molar-refractivity contribution in [1.82, 2.24) is 0 Å². The third kappa shape index (κ3) is 3.34. The van der Waals surface area contributed by atoms with Crippen LogP contribution in [0.2, 0.25) is 0 Å². The van der Waals surface area contributed by atoms with Gasteiger partial charge in [-0.25, -0.2) is 0 Å². The lowest BCUT2D eigenvalue weighted by molar-refractivity contribution is -0.385. The summed E-state index contributed by atoms with van der Waals surface area (Å²) in [6.45, 7) is 3.74. The molecule has 1 aromatic heterocycles. The van der Waals surface area contributed by atoms with Gasteiger partial charge in [0, 0.05) is 29.8 Å². The standard InChI is InChI=1S/C14H16N2O3/c1-10-5-6-12(9-14(10)16(17)18)15-11(2)8-13-4-3-7-19-13/h3-7,9,11,15H,8H2,1-2H3. The van der Waals surface area contributed by atoms with E-state index in [9.17, 15) is 10.1 Å². The average Bonchev–Trinajstić information content (AvgIpc) is 2.84. The highest BCUT2D eigenvalue weighted by molar-refractivity contribution is 5.55. The maximum atomic E-state index is 10.9. The second-order valence-electron chi connectivity index (χ2n) is 4.59. The van der Waals surface area contributed by atoms with Gasteiger partial charge in [-0.05, 0) is 32.0 Å². The van der Waals surface area contributed by atoms with Crippen molar-refractivity contribution in [2.75, 3.05) is 5.32 Å². The molecule has 2 aromatic rings. The molecule has 0 aliphatic heterocycles. The summed E-state index contributed by atoms with van der Waals surface area (Å²) in [6.07, 6.45) is 2.37. The Morgan fingerprint density at radius 2 is 2.21 bits per heavy atom. The van der Waals surface area contributed by atoms with Crippen LogP contribution >= 0.6 is 0 Å². The number of hydrogen-bond acceptors (Lipinski definition) is 4. The summed E-state index contributed by atoms with van der Waals surface area (Å²) >= 11 is 0. The lowest BCUT2D eigenvalue weighted by Crippen LogP contribution is -2.17. The molecule has 0 bridgehead atoms. The van der Waals surface area contributed by atoms with E-state index in [1.807, 2.05) is 25.1 Å². The molecule has 0 amide bonds. The Balaban J connectivity index is 2.06. The number of nitrogens with zero attached hydrogens (tertiary/aromatic N) is 1. The van der Waals surface area contributed by atoms with E-state index in [2.05, 4.69) is 5.32 Å². The molecular weight excluding hydrogens is 244 g/mol. The van der Waals surface area contributed by atoms with Gasteiger partial charge < -0.3 is 9.73 Å². The van der Waals surface area contributed by atoms with Crippen LogP contribution in [0.4, 0.5) is 11.4 Å². The molecule has 0 saturated carbocycles. The van der Waals surface area contributed by atoms with Crippen LogP contribution in [0.3, 0.4) is 0 Å². The Hall–Kier alpha value is -2.30. The second kappa shape index (κ2) is 5.56. The first-order chi connectivity index (χ1) is 9.06. The Bertz CT molecular complexity index is 564. The Kier molecular flexibility index (Phi) is 3.85. The molecule has 1 heterocycles. The van der Waals surface area contributed by atoms with Crippen molar-refractivity contribution < 1.29 is 9.34 Å². The maximum absolute atomic E-state index is 10.9. The number of hydrogen-bond donors (Lipinski definition) is 1. The first kappa shape index (κ1) is 13.1. The van der Waals surface area contributed by atoms with Crippen LogP contribution < -0.4 is 5.32 Å². The number of furan rings is 1. The Labute approximate surface area is 111 Å². The summed E-state index contributed by atoms with van der Waals surface area (Å²) in [6, 6.07) is 9.05. The molecule has 1 N–H and O–H groups in total. The molecule has 1 aromatic carbocycles. The van der Waals surface area contributed by atoms with Crippen molar-refractivity contribution in [1.29, 1.82) is 0 Å². The first-order valence-corrected chi connectivity index (χ1v) is 6.10. The number of nitro benzene ring substituents is 1. The highest BCUT2D eigenvalue weighted by atomic mass is 16.6. The topological polar surface area (TPSA) is 68.3 Å². The molecule has 0 radical (unpaired) electrons. The summed E-state index contributed by atoms with van der Waals surface area (Å²) < 4.78 is 5.27. The van der Waals surface area contributed by atoms with Gasteiger partial charge in [-0.15, -0.1) is 0 Å². The zero-order valence-electron chi connectivity index (χ0n) is 10.9. The van der Waals surface area contributed by atoms with Gasteiger partial charge in [0.05, 0.1) is 11.2 Å². The van der Waals surface area contributed by atoms with E-state index in [1.54, 1.807) is 25.3 Å². The van der Waals surface area contributed by atoms with Gasteiger partial charge >= 0.3 is 0 Å². The summed E-state index contributed by atoms with van der Waals surface area (Å²) in [5.41, 5.74) is 1.54. The number of benzene rings is 1. The highest BCUT2D eigenvalue weighted by Gasteiger charge is 2.12. The Morgan fingerprint density at radius 3 is 2.84 bits per heavy atom. The minimum absolute atomic E-state index is 0.133. The van der Waals surface area contributed by atoms with Crippen molar-refractivity contribution in [3.05, 3.63) is 58.0 Å². The predicted molar refractivity (Wildman–Crippen MR) is 73.3 cm³/mol. The third-order valence-electron chi connectivity index (χ3n) is 2.91. The molecular formula is C14H16N2O3. The van der Waals surface area contributed by atoms with Gasteiger partial charge in [0.2, 0.25) is 0 Å². The molecule has 2 rings (SSSR count). The van der Waals surface area contributed by atoms with Crippen LogP contribution in [0, 0.1) is 17.0 Å². The Morgan fingerprint density at radius 1 is 1.42 bits per heavy atom. The quantitative estimate of drug-likeness (QED) is 0.659. The minimum Gasteiger partial charge on any atom is -0.469 e. The van der Waals surface area contributed by atoms with Gasteiger partial charge in [-0.1, -0.05) is 6.07 Å². The lowest BCUT2D eigenvalue weighted by atomic mass is 10.1.